The summed E-state index contributed by atoms with van der Waals surface area (Å²) in [4.78, 5) is 23.4. The van der Waals surface area contributed by atoms with Crippen molar-refractivity contribution in [3.63, 3.8) is 0 Å². The molecule has 1 rings (SSSR count). The molecule has 0 fully saturated rings. The van der Waals surface area contributed by atoms with E-state index in [-0.39, 0.29) is 5.91 Å². The maximum atomic E-state index is 12.0. The number of halogens is 1. The lowest BCUT2D eigenvalue weighted by Crippen LogP contribution is -2.44. The van der Waals surface area contributed by atoms with Crippen molar-refractivity contribution in [3.8, 4) is 0 Å². The number of nitrogens with one attached hydrogen (secondary N) is 1. The Balaban J connectivity index is 2.54. The van der Waals surface area contributed by atoms with Crippen molar-refractivity contribution in [2.75, 3.05) is 0 Å². The van der Waals surface area contributed by atoms with Crippen LogP contribution in [0.3, 0.4) is 0 Å². The number of nitrogens with two attached hydrogens (primary N) is 1. The molecule has 4 nitrogen and oxygen atoms in total. The summed E-state index contributed by atoms with van der Waals surface area (Å²) in [5.41, 5.74) is 5.79. The van der Waals surface area contributed by atoms with Gasteiger partial charge in [0.15, 0.2) is 0 Å². The number of amides is 2. The van der Waals surface area contributed by atoms with Gasteiger partial charge < -0.3 is 11.1 Å². The summed E-state index contributed by atoms with van der Waals surface area (Å²) < 4.78 is 0. The lowest BCUT2D eigenvalue weighted by molar-refractivity contribution is -0.120. The van der Waals surface area contributed by atoms with E-state index in [9.17, 15) is 9.59 Å². The lowest BCUT2D eigenvalue weighted by Gasteiger charge is -2.15. The molecule has 0 spiro atoms. The van der Waals surface area contributed by atoms with Crippen LogP contribution in [0.25, 0.3) is 0 Å². The Morgan fingerprint density at radius 3 is 2.40 bits per heavy atom. The van der Waals surface area contributed by atoms with E-state index in [0.29, 0.717) is 17.0 Å². The van der Waals surface area contributed by atoms with Gasteiger partial charge in [-0.15, -0.1) is 0 Å². The second-order valence-corrected chi connectivity index (χ2v) is 5.22. The monoisotopic (exact) mass is 296 g/mol. The van der Waals surface area contributed by atoms with Gasteiger partial charge in [0.2, 0.25) is 5.91 Å². The van der Waals surface area contributed by atoms with Gasteiger partial charge in [0.05, 0.1) is 0 Å². The highest BCUT2D eigenvalue weighted by molar-refractivity contribution is 6.30. The summed E-state index contributed by atoms with van der Waals surface area (Å²) in [5, 5.41) is 3.24. The summed E-state index contributed by atoms with van der Waals surface area (Å²) in [5.74, 6) is -0.801. The highest BCUT2D eigenvalue weighted by Gasteiger charge is 2.18. The van der Waals surface area contributed by atoms with Gasteiger partial charge in [-0.1, -0.05) is 44.2 Å². The molecule has 110 valence electrons. The molecule has 0 bridgehead atoms. The fourth-order valence-corrected chi connectivity index (χ4v) is 2.03. The van der Waals surface area contributed by atoms with Crippen molar-refractivity contribution < 1.29 is 9.59 Å². The van der Waals surface area contributed by atoms with E-state index >= 15 is 0 Å². The van der Waals surface area contributed by atoms with Crippen LogP contribution in [0.15, 0.2) is 24.3 Å². The molecule has 1 aromatic rings. The number of unbranched alkanes of at least 4 members (excludes halogenated alkanes) is 3. The minimum Gasteiger partial charge on any atom is -0.368 e. The SMILES string of the molecule is CCCCCC[C@H](NC(=O)c1ccc(Cl)cc1)C(N)=O. The predicted octanol–water partition coefficient (Wildman–Crippen LogP) is 2.89. The number of rotatable bonds is 8. The molecule has 5 heteroatoms. The first kappa shape index (κ1) is 16.5. The molecule has 0 unspecified atom stereocenters. The van der Waals surface area contributed by atoms with E-state index in [1.165, 1.54) is 0 Å². The standard InChI is InChI=1S/C15H21ClN2O2/c1-2-3-4-5-6-13(14(17)19)18-15(20)11-7-9-12(16)10-8-11/h7-10,13H,2-6H2,1H3,(H2,17,19)(H,18,20)/t13-/m0/s1. The van der Waals surface area contributed by atoms with Crippen molar-refractivity contribution in [3.05, 3.63) is 34.9 Å². The lowest BCUT2D eigenvalue weighted by atomic mass is 10.1. The van der Waals surface area contributed by atoms with Gasteiger partial charge in [0.1, 0.15) is 6.04 Å². The molecule has 1 atom stereocenters. The number of hydrogen-bond donors (Lipinski definition) is 2. The fourth-order valence-electron chi connectivity index (χ4n) is 1.90. The third-order valence-electron chi connectivity index (χ3n) is 3.10. The van der Waals surface area contributed by atoms with Crippen LogP contribution in [0, 0.1) is 0 Å². The normalized spacial score (nSPS) is 11.9. The molecule has 1 aromatic carbocycles. The molecular formula is C15H21ClN2O2. The summed E-state index contributed by atoms with van der Waals surface area (Å²) in [6, 6.07) is 5.89. The molecule has 20 heavy (non-hydrogen) atoms. The average molecular weight is 297 g/mol. The Morgan fingerprint density at radius 1 is 1.20 bits per heavy atom. The summed E-state index contributed by atoms with van der Waals surface area (Å²) in [7, 11) is 0. The van der Waals surface area contributed by atoms with E-state index in [1.807, 2.05) is 0 Å². The van der Waals surface area contributed by atoms with Crippen LogP contribution in [0.5, 0.6) is 0 Å². The Morgan fingerprint density at radius 2 is 1.85 bits per heavy atom. The Kier molecular flexibility index (Phi) is 7.09. The average Bonchev–Trinajstić information content (AvgIpc) is 2.42. The number of carbonyl (C=O) groups is 2. The fraction of sp³-hybridized carbons (Fsp3) is 0.467. The quantitative estimate of drug-likeness (QED) is 0.724. The zero-order valence-corrected chi connectivity index (χ0v) is 12.5. The summed E-state index contributed by atoms with van der Waals surface area (Å²) in [6.45, 7) is 2.12. The van der Waals surface area contributed by atoms with E-state index in [1.54, 1.807) is 24.3 Å². The molecule has 0 aliphatic rings. The first-order valence-electron chi connectivity index (χ1n) is 6.90. The Hall–Kier alpha value is -1.55. The molecule has 0 aromatic heterocycles. The summed E-state index contributed by atoms with van der Waals surface area (Å²) >= 11 is 5.76. The molecule has 0 heterocycles. The van der Waals surface area contributed by atoms with Crippen molar-refractivity contribution in [1.82, 2.24) is 5.32 Å². The van der Waals surface area contributed by atoms with E-state index in [4.69, 9.17) is 17.3 Å². The number of carbonyl (C=O) groups excluding carboxylic acids is 2. The third kappa shape index (κ3) is 5.61. The zero-order valence-electron chi connectivity index (χ0n) is 11.7. The Labute approximate surface area is 124 Å². The van der Waals surface area contributed by atoms with Crippen LogP contribution in [-0.4, -0.2) is 17.9 Å². The number of primary amides is 1. The van der Waals surface area contributed by atoms with Crippen LogP contribution in [-0.2, 0) is 4.79 Å². The summed E-state index contributed by atoms with van der Waals surface area (Å²) in [6.07, 6.45) is 4.74. The molecule has 0 aliphatic carbocycles. The number of benzene rings is 1. The first-order chi connectivity index (χ1) is 9.54. The van der Waals surface area contributed by atoms with E-state index < -0.39 is 11.9 Å². The largest absolute Gasteiger partial charge is 0.368 e. The molecule has 0 saturated carbocycles. The van der Waals surface area contributed by atoms with Crippen LogP contribution in [0.4, 0.5) is 0 Å². The molecular weight excluding hydrogens is 276 g/mol. The van der Waals surface area contributed by atoms with Crippen LogP contribution in [0.2, 0.25) is 5.02 Å². The minimum absolute atomic E-state index is 0.305. The van der Waals surface area contributed by atoms with Gasteiger partial charge >= 0.3 is 0 Å². The van der Waals surface area contributed by atoms with Crippen molar-refractivity contribution in [2.45, 2.75) is 45.1 Å². The molecule has 0 aliphatic heterocycles. The second kappa shape index (κ2) is 8.59. The third-order valence-corrected chi connectivity index (χ3v) is 3.35. The van der Waals surface area contributed by atoms with Gasteiger partial charge in [-0.25, -0.2) is 0 Å². The van der Waals surface area contributed by atoms with Gasteiger partial charge in [-0.05, 0) is 30.7 Å². The van der Waals surface area contributed by atoms with Crippen LogP contribution in [0.1, 0.15) is 49.4 Å². The maximum Gasteiger partial charge on any atom is 0.251 e. The highest BCUT2D eigenvalue weighted by Crippen LogP contribution is 2.10. The van der Waals surface area contributed by atoms with Gasteiger partial charge in [0, 0.05) is 10.6 Å². The topological polar surface area (TPSA) is 72.2 Å². The minimum atomic E-state index is -0.616. The van der Waals surface area contributed by atoms with Gasteiger partial charge in [-0.2, -0.15) is 0 Å². The van der Waals surface area contributed by atoms with E-state index in [2.05, 4.69) is 12.2 Å². The maximum absolute atomic E-state index is 12.0. The Bertz CT molecular complexity index is 446. The molecule has 0 saturated heterocycles. The first-order valence-corrected chi connectivity index (χ1v) is 7.28. The van der Waals surface area contributed by atoms with Crippen molar-refractivity contribution in [1.29, 1.82) is 0 Å². The number of hydrogen-bond acceptors (Lipinski definition) is 2. The molecule has 0 radical (unpaired) electrons. The second-order valence-electron chi connectivity index (χ2n) is 4.78. The zero-order chi connectivity index (χ0) is 15.0. The highest BCUT2D eigenvalue weighted by atomic mass is 35.5. The predicted molar refractivity (Wildman–Crippen MR) is 80.7 cm³/mol. The van der Waals surface area contributed by atoms with Gasteiger partial charge in [-0.3, -0.25) is 9.59 Å². The van der Waals surface area contributed by atoms with Crippen LogP contribution < -0.4 is 11.1 Å². The smallest absolute Gasteiger partial charge is 0.251 e. The van der Waals surface area contributed by atoms with Crippen molar-refractivity contribution in [2.24, 2.45) is 5.73 Å². The van der Waals surface area contributed by atoms with Crippen LogP contribution >= 0.6 is 11.6 Å². The molecule has 3 N–H and O–H groups in total. The molecule has 2 amide bonds. The van der Waals surface area contributed by atoms with Gasteiger partial charge in [0.25, 0.3) is 5.91 Å². The van der Waals surface area contributed by atoms with E-state index in [0.717, 1.165) is 25.7 Å². The van der Waals surface area contributed by atoms with Crippen molar-refractivity contribution >= 4 is 23.4 Å².